The summed E-state index contributed by atoms with van der Waals surface area (Å²) in [5.41, 5.74) is 0.734. The normalized spacial score (nSPS) is 11.1. The van der Waals surface area contributed by atoms with Gasteiger partial charge in [0.25, 0.3) is 5.56 Å². The number of nitrogens with zero attached hydrogens (tertiary/aromatic N) is 1. The summed E-state index contributed by atoms with van der Waals surface area (Å²) < 4.78 is 14.8. The highest BCUT2D eigenvalue weighted by molar-refractivity contribution is 7.71. The van der Waals surface area contributed by atoms with Gasteiger partial charge in [-0.25, -0.2) is 4.39 Å². The van der Waals surface area contributed by atoms with Crippen molar-refractivity contribution in [1.82, 2.24) is 9.55 Å². The Bertz CT molecular complexity index is 906. The molecular formula is C15H13FN2OS2. The third-order valence-electron chi connectivity index (χ3n) is 3.33. The van der Waals surface area contributed by atoms with E-state index in [-0.39, 0.29) is 11.4 Å². The summed E-state index contributed by atoms with van der Waals surface area (Å²) in [5.74, 6) is -0.294. The molecule has 108 valence electrons. The van der Waals surface area contributed by atoms with Crippen LogP contribution >= 0.6 is 23.6 Å². The predicted octanol–water partition coefficient (Wildman–Crippen LogP) is 3.87. The summed E-state index contributed by atoms with van der Waals surface area (Å²) in [4.78, 5) is 17.6. The molecule has 0 radical (unpaired) electrons. The summed E-state index contributed by atoms with van der Waals surface area (Å²) >= 11 is 6.83. The lowest BCUT2D eigenvalue weighted by Gasteiger charge is -2.06. The van der Waals surface area contributed by atoms with E-state index in [4.69, 9.17) is 12.2 Å². The third-order valence-corrected chi connectivity index (χ3v) is 4.84. The maximum atomic E-state index is 12.9. The van der Waals surface area contributed by atoms with E-state index in [0.29, 0.717) is 16.7 Å². The van der Waals surface area contributed by atoms with Crippen molar-refractivity contribution in [2.75, 3.05) is 0 Å². The SMILES string of the molecule is CCc1cc2c(=O)n(Cc3ccc(F)cc3)c(=S)[nH]c2s1. The van der Waals surface area contributed by atoms with E-state index in [1.165, 1.54) is 16.7 Å². The molecule has 1 N–H and O–H groups in total. The molecule has 0 bridgehead atoms. The highest BCUT2D eigenvalue weighted by atomic mass is 32.1. The fourth-order valence-corrected chi connectivity index (χ4v) is 3.49. The molecule has 0 spiro atoms. The number of rotatable bonds is 3. The van der Waals surface area contributed by atoms with Crippen LogP contribution in [0.1, 0.15) is 17.4 Å². The standard InChI is InChI=1S/C15H13FN2OS2/c1-2-11-7-12-13(21-11)17-15(20)18(14(12)19)8-9-3-5-10(16)6-4-9/h3-7H,2,8H2,1H3,(H,17,20). The van der Waals surface area contributed by atoms with Crippen molar-refractivity contribution >= 4 is 33.8 Å². The molecule has 0 amide bonds. The molecular weight excluding hydrogens is 307 g/mol. The number of fused-ring (bicyclic) bond motifs is 1. The van der Waals surface area contributed by atoms with Gasteiger partial charge < -0.3 is 4.98 Å². The largest absolute Gasteiger partial charge is 0.323 e. The molecule has 2 aromatic heterocycles. The molecule has 0 atom stereocenters. The first-order valence-electron chi connectivity index (χ1n) is 6.58. The molecule has 2 heterocycles. The lowest BCUT2D eigenvalue weighted by Crippen LogP contribution is -2.22. The van der Waals surface area contributed by atoms with Gasteiger partial charge in [0, 0.05) is 4.88 Å². The molecule has 0 unspecified atom stereocenters. The van der Waals surface area contributed by atoms with Crippen LogP contribution in [0, 0.1) is 10.6 Å². The molecule has 3 aromatic rings. The van der Waals surface area contributed by atoms with Crippen LogP contribution in [0.3, 0.4) is 0 Å². The van der Waals surface area contributed by atoms with E-state index in [9.17, 15) is 9.18 Å². The average molecular weight is 320 g/mol. The Morgan fingerprint density at radius 2 is 2.05 bits per heavy atom. The minimum absolute atomic E-state index is 0.103. The van der Waals surface area contributed by atoms with Crippen molar-refractivity contribution in [3.8, 4) is 0 Å². The van der Waals surface area contributed by atoms with Gasteiger partial charge in [-0.05, 0) is 42.4 Å². The fourth-order valence-electron chi connectivity index (χ4n) is 2.19. The number of thiophene rings is 1. The number of aromatic nitrogens is 2. The Balaban J connectivity index is 2.11. The van der Waals surface area contributed by atoms with Gasteiger partial charge in [0.05, 0.1) is 11.9 Å². The number of benzene rings is 1. The number of aryl methyl sites for hydroxylation is 1. The van der Waals surface area contributed by atoms with Gasteiger partial charge in [-0.3, -0.25) is 9.36 Å². The lowest BCUT2D eigenvalue weighted by molar-refractivity contribution is 0.625. The van der Waals surface area contributed by atoms with E-state index >= 15 is 0 Å². The van der Waals surface area contributed by atoms with E-state index in [1.54, 1.807) is 23.5 Å². The van der Waals surface area contributed by atoms with E-state index in [1.807, 2.05) is 6.07 Å². The van der Waals surface area contributed by atoms with Gasteiger partial charge >= 0.3 is 0 Å². The Labute approximate surface area is 129 Å². The minimum atomic E-state index is -0.294. The minimum Gasteiger partial charge on any atom is -0.323 e. The first-order valence-corrected chi connectivity index (χ1v) is 7.81. The molecule has 3 rings (SSSR count). The number of hydrogen-bond donors (Lipinski definition) is 1. The zero-order valence-corrected chi connectivity index (χ0v) is 13.0. The zero-order valence-electron chi connectivity index (χ0n) is 11.4. The predicted molar refractivity (Wildman–Crippen MR) is 86.1 cm³/mol. The van der Waals surface area contributed by atoms with Crippen LogP contribution in [0.5, 0.6) is 0 Å². The molecule has 0 saturated carbocycles. The summed E-state index contributed by atoms with van der Waals surface area (Å²) in [6, 6.07) is 7.99. The number of halogens is 1. The van der Waals surface area contributed by atoms with Crippen molar-refractivity contribution in [2.45, 2.75) is 19.9 Å². The lowest BCUT2D eigenvalue weighted by atomic mass is 10.2. The van der Waals surface area contributed by atoms with Crippen molar-refractivity contribution in [3.05, 3.63) is 61.7 Å². The van der Waals surface area contributed by atoms with Gasteiger partial charge in [0.1, 0.15) is 10.6 Å². The summed E-state index contributed by atoms with van der Waals surface area (Å²) in [6.07, 6.45) is 0.886. The molecule has 1 aromatic carbocycles. The summed E-state index contributed by atoms with van der Waals surface area (Å²) in [6.45, 7) is 2.39. The van der Waals surface area contributed by atoms with Crippen molar-refractivity contribution in [1.29, 1.82) is 0 Å². The maximum absolute atomic E-state index is 12.9. The highest BCUT2D eigenvalue weighted by Crippen LogP contribution is 2.21. The van der Waals surface area contributed by atoms with Crippen molar-refractivity contribution in [3.63, 3.8) is 0 Å². The first-order chi connectivity index (χ1) is 10.1. The second-order valence-electron chi connectivity index (χ2n) is 4.76. The molecule has 0 saturated heterocycles. The van der Waals surface area contributed by atoms with Crippen LogP contribution in [0.25, 0.3) is 10.2 Å². The van der Waals surface area contributed by atoms with Crippen LogP contribution in [0.15, 0.2) is 35.1 Å². The zero-order chi connectivity index (χ0) is 15.0. The molecule has 6 heteroatoms. The number of H-pyrrole nitrogens is 1. The van der Waals surface area contributed by atoms with E-state index in [0.717, 1.165) is 21.7 Å². The topological polar surface area (TPSA) is 37.8 Å². The van der Waals surface area contributed by atoms with E-state index < -0.39 is 0 Å². The molecule has 0 aliphatic carbocycles. The highest BCUT2D eigenvalue weighted by Gasteiger charge is 2.09. The van der Waals surface area contributed by atoms with Gasteiger partial charge in [-0.1, -0.05) is 19.1 Å². The Morgan fingerprint density at radius 1 is 1.33 bits per heavy atom. The Hall–Kier alpha value is -1.79. The smallest absolute Gasteiger partial charge is 0.263 e. The second-order valence-corrected chi connectivity index (χ2v) is 6.28. The maximum Gasteiger partial charge on any atom is 0.263 e. The third kappa shape index (κ3) is 2.69. The van der Waals surface area contributed by atoms with Gasteiger partial charge in [-0.15, -0.1) is 11.3 Å². The second kappa shape index (κ2) is 5.54. The average Bonchev–Trinajstić information content (AvgIpc) is 2.88. The molecule has 3 nitrogen and oxygen atoms in total. The first kappa shape index (κ1) is 14.2. The quantitative estimate of drug-likeness (QED) is 0.744. The molecule has 21 heavy (non-hydrogen) atoms. The van der Waals surface area contributed by atoms with E-state index in [2.05, 4.69) is 11.9 Å². The summed E-state index contributed by atoms with van der Waals surface area (Å²) in [7, 11) is 0. The van der Waals surface area contributed by atoms with Crippen LogP contribution in [-0.4, -0.2) is 9.55 Å². The Morgan fingerprint density at radius 3 is 2.71 bits per heavy atom. The van der Waals surface area contributed by atoms with Crippen molar-refractivity contribution < 1.29 is 4.39 Å². The van der Waals surface area contributed by atoms with Gasteiger partial charge in [0.15, 0.2) is 4.77 Å². The van der Waals surface area contributed by atoms with Gasteiger partial charge in [0.2, 0.25) is 0 Å². The number of hydrogen-bond acceptors (Lipinski definition) is 3. The van der Waals surface area contributed by atoms with Crippen molar-refractivity contribution in [2.24, 2.45) is 0 Å². The molecule has 0 aliphatic heterocycles. The van der Waals surface area contributed by atoms with Gasteiger partial charge in [-0.2, -0.15) is 0 Å². The molecule has 0 fully saturated rings. The van der Waals surface area contributed by atoms with Crippen LogP contribution in [0.2, 0.25) is 0 Å². The van der Waals surface area contributed by atoms with Crippen LogP contribution in [0.4, 0.5) is 4.39 Å². The monoisotopic (exact) mass is 320 g/mol. The number of aromatic amines is 1. The van der Waals surface area contributed by atoms with Crippen LogP contribution < -0.4 is 5.56 Å². The Kier molecular flexibility index (Phi) is 3.73. The summed E-state index contributed by atoms with van der Waals surface area (Å²) in [5, 5.41) is 0.660. The van der Waals surface area contributed by atoms with Crippen LogP contribution in [-0.2, 0) is 13.0 Å². The molecule has 0 aliphatic rings. The number of nitrogens with one attached hydrogen (secondary N) is 1. The fraction of sp³-hybridized carbons (Fsp3) is 0.200.